The molecule has 0 heterocycles. The molecule has 1 aromatic carbocycles. The minimum Gasteiger partial charge on any atom is -0.300 e. The van der Waals surface area contributed by atoms with E-state index in [1.807, 2.05) is 6.92 Å². The molecule has 1 unspecified atom stereocenters. The highest BCUT2D eigenvalue weighted by Gasteiger charge is 2.31. The third-order valence-electron chi connectivity index (χ3n) is 5.82. The largest absolute Gasteiger partial charge is 0.300 e. The summed E-state index contributed by atoms with van der Waals surface area (Å²) in [6, 6.07) is 2.05. The third-order valence-corrected chi connectivity index (χ3v) is 5.82. The Morgan fingerprint density at radius 2 is 1.93 bits per heavy atom. The van der Waals surface area contributed by atoms with Gasteiger partial charge in [-0.05, 0) is 50.7 Å². The van der Waals surface area contributed by atoms with E-state index in [1.165, 1.54) is 17.7 Å². The Morgan fingerprint density at radius 3 is 2.41 bits per heavy atom. The van der Waals surface area contributed by atoms with Crippen molar-refractivity contribution in [1.82, 2.24) is 5.01 Å². The van der Waals surface area contributed by atoms with Gasteiger partial charge in [-0.1, -0.05) is 31.9 Å². The van der Waals surface area contributed by atoms with Crippen molar-refractivity contribution >= 4 is 18.0 Å². The molecule has 0 spiro atoms. The van der Waals surface area contributed by atoms with Gasteiger partial charge in [-0.3, -0.25) is 19.4 Å². The Balaban J connectivity index is 2.47. The van der Waals surface area contributed by atoms with Gasteiger partial charge in [-0.2, -0.15) is 0 Å². The Bertz CT molecular complexity index is 824. The molecule has 1 aliphatic carbocycles. The van der Waals surface area contributed by atoms with Crippen molar-refractivity contribution in [3.05, 3.63) is 45.8 Å². The van der Waals surface area contributed by atoms with E-state index in [9.17, 15) is 18.8 Å². The van der Waals surface area contributed by atoms with E-state index in [1.54, 1.807) is 20.8 Å². The maximum atomic E-state index is 14.5. The number of rotatable bonds is 9. The number of amides is 1. The molecule has 1 atom stereocenters. The SMILES string of the molecule is CCC(=O)CCC(C(C)=C1CCC1)N(N)C(=O)c1c(C=O)ccc(F)c1C(C)C. The molecule has 2 N–H and O–H groups in total. The monoisotopic (exact) mass is 402 g/mol. The summed E-state index contributed by atoms with van der Waals surface area (Å²) in [5.74, 6) is 4.96. The fraction of sp³-hybridized carbons (Fsp3) is 0.522. The number of hydrazine groups is 1. The van der Waals surface area contributed by atoms with E-state index < -0.39 is 17.8 Å². The first-order valence-corrected chi connectivity index (χ1v) is 10.3. The topological polar surface area (TPSA) is 80.5 Å². The Hall–Kier alpha value is -2.34. The number of hydrogen-bond acceptors (Lipinski definition) is 4. The van der Waals surface area contributed by atoms with E-state index in [0.717, 1.165) is 29.8 Å². The first-order valence-electron chi connectivity index (χ1n) is 10.3. The molecule has 1 aromatic rings. The number of carbonyl (C=O) groups excluding carboxylic acids is 3. The van der Waals surface area contributed by atoms with Crippen molar-refractivity contribution in [1.29, 1.82) is 0 Å². The predicted molar refractivity (Wildman–Crippen MR) is 111 cm³/mol. The lowest BCUT2D eigenvalue weighted by Crippen LogP contribution is -2.47. The van der Waals surface area contributed by atoms with Gasteiger partial charge in [0.25, 0.3) is 5.91 Å². The van der Waals surface area contributed by atoms with Crippen LogP contribution in [-0.2, 0) is 4.79 Å². The molecule has 29 heavy (non-hydrogen) atoms. The quantitative estimate of drug-likeness (QED) is 0.213. The van der Waals surface area contributed by atoms with Gasteiger partial charge in [-0.25, -0.2) is 10.2 Å². The van der Waals surface area contributed by atoms with Crippen molar-refractivity contribution < 1.29 is 18.8 Å². The van der Waals surface area contributed by atoms with Crippen LogP contribution in [0.25, 0.3) is 0 Å². The van der Waals surface area contributed by atoms with Crippen LogP contribution in [0.15, 0.2) is 23.3 Å². The molecule has 5 nitrogen and oxygen atoms in total. The van der Waals surface area contributed by atoms with E-state index in [-0.39, 0.29) is 28.4 Å². The molecule has 1 aliphatic rings. The first kappa shape index (κ1) is 22.9. The molecule has 1 fully saturated rings. The van der Waals surface area contributed by atoms with Crippen LogP contribution in [0.2, 0.25) is 0 Å². The van der Waals surface area contributed by atoms with Gasteiger partial charge in [0.1, 0.15) is 11.6 Å². The van der Waals surface area contributed by atoms with Crippen molar-refractivity contribution in [2.45, 2.75) is 78.2 Å². The average molecular weight is 403 g/mol. The fourth-order valence-electron chi connectivity index (χ4n) is 3.81. The molecular formula is C23H31FN2O3. The van der Waals surface area contributed by atoms with Crippen LogP contribution in [0.1, 0.15) is 98.4 Å². The fourth-order valence-corrected chi connectivity index (χ4v) is 3.81. The van der Waals surface area contributed by atoms with E-state index in [2.05, 4.69) is 0 Å². The summed E-state index contributed by atoms with van der Waals surface area (Å²) in [7, 11) is 0. The number of nitrogens with two attached hydrogens (primary N) is 1. The first-order chi connectivity index (χ1) is 13.7. The highest BCUT2D eigenvalue weighted by Crippen LogP contribution is 2.33. The Kier molecular flexibility index (Phi) is 7.85. The molecule has 2 rings (SSSR count). The van der Waals surface area contributed by atoms with Crippen molar-refractivity contribution in [3.8, 4) is 0 Å². The number of hydrogen-bond donors (Lipinski definition) is 1. The van der Waals surface area contributed by atoms with Crippen LogP contribution in [0.5, 0.6) is 0 Å². The molecule has 1 amide bonds. The van der Waals surface area contributed by atoms with Gasteiger partial charge in [-0.15, -0.1) is 0 Å². The molecule has 0 bridgehead atoms. The normalized spacial score (nSPS) is 14.4. The third kappa shape index (κ3) is 4.99. The van der Waals surface area contributed by atoms with E-state index >= 15 is 0 Å². The maximum absolute atomic E-state index is 14.5. The van der Waals surface area contributed by atoms with E-state index in [4.69, 9.17) is 5.84 Å². The van der Waals surface area contributed by atoms with Crippen molar-refractivity contribution in [2.24, 2.45) is 5.84 Å². The summed E-state index contributed by atoms with van der Waals surface area (Å²) in [6.45, 7) is 7.28. The lowest BCUT2D eigenvalue weighted by Gasteiger charge is -2.33. The molecular weight excluding hydrogens is 371 g/mol. The second-order valence-corrected chi connectivity index (χ2v) is 8.00. The number of nitrogens with zero attached hydrogens (tertiary/aromatic N) is 1. The summed E-state index contributed by atoms with van der Waals surface area (Å²) in [4.78, 5) is 36.8. The highest BCUT2D eigenvalue weighted by atomic mass is 19.1. The van der Waals surface area contributed by atoms with Crippen LogP contribution in [-0.4, -0.2) is 29.0 Å². The number of carbonyl (C=O) groups is 3. The molecule has 6 heteroatoms. The Morgan fingerprint density at radius 1 is 1.28 bits per heavy atom. The zero-order chi connectivity index (χ0) is 21.7. The van der Waals surface area contributed by atoms with Crippen LogP contribution in [0.3, 0.4) is 0 Å². The second kappa shape index (κ2) is 9.92. The standard InChI is InChI=1S/C23H31FN2O3/c1-5-18(28)10-12-20(15(4)16-7-6-8-16)26(25)23(29)22-17(13-27)9-11-19(24)21(22)14(2)3/h9,11,13-14,20H,5-8,10,12,25H2,1-4H3. The van der Waals surface area contributed by atoms with Gasteiger partial charge in [0, 0.05) is 24.0 Å². The number of aldehydes is 1. The second-order valence-electron chi connectivity index (χ2n) is 8.00. The number of ketones is 1. The summed E-state index contributed by atoms with van der Waals surface area (Å²) in [5, 5.41) is 1.09. The van der Waals surface area contributed by atoms with Crippen LogP contribution < -0.4 is 5.84 Å². The lowest BCUT2D eigenvalue weighted by atomic mass is 9.84. The summed E-state index contributed by atoms with van der Waals surface area (Å²) in [5.41, 5.74) is 2.56. The van der Waals surface area contributed by atoms with Crippen LogP contribution in [0.4, 0.5) is 4.39 Å². The summed E-state index contributed by atoms with van der Waals surface area (Å²) >= 11 is 0. The zero-order valence-corrected chi connectivity index (χ0v) is 17.8. The van der Waals surface area contributed by atoms with Gasteiger partial charge in [0.05, 0.1) is 11.6 Å². The smallest absolute Gasteiger partial charge is 0.269 e. The van der Waals surface area contributed by atoms with Gasteiger partial charge >= 0.3 is 0 Å². The van der Waals surface area contributed by atoms with Crippen molar-refractivity contribution in [3.63, 3.8) is 0 Å². The van der Waals surface area contributed by atoms with Gasteiger partial charge in [0.2, 0.25) is 0 Å². The van der Waals surface area contributed by atoms with Crippen molar-refractivity contribution in [2.75, 3.05) is 0 Å². The molecule has 0 radical (unpaired) electrons. The molecule has 0 saturated heterocycles. The van der Waals surface area contributed by atoms with E-state index in [0.29, 0.717) is 25.5 Å². The zero-order valence-electron chi connectivity index (χ0n) is 17.8. The summed E-state index contributed by atoms with van der Waals surface area (Å²) < 4.78 is 14.5. The highest BCUT2D eigenvalue weighted by molar-refractivity contribution is 6.03. The maximum Gasteiger partial charge on any atom is 0.269 e. The van der Waals surface area contributed by atoms with Gasteiger partial charge in [0.15, 0.2) is 6.29 Å². The molecule has 0 aliphatic heterocycles. The average Bonchev–Trinajstić information content (AvgIpc) is 2.65. The number of benzene rings is 1. The minimum absolute atomic E-state index is 0.00993. The lowest BCUT2D eigenvalue weighted by molar-refractivity contribution is -0.119. The minimum atomic E-state index is -0.594. The number of Topliss-reactive ketones (excluding diaryl/α,β-unsaturated/α-hetero) is 1. The molecule has 0 aromatic heterocycles. The summed E-state index contributed by atoms with van der Waals surface area (Å²) in [6.07, 6.45) is 4.73. The Labute approximate surface area is 172 Å². The predicted octanol–water partition coefficient (Wildman–Crippen LogP) is 4.71. The van der Waals surface area contributed by atoms with Crippen LogP contribution in [0, 0.1) is 5.82 Å². The number of allylic oxidation sites excluding steroid dienone is 1. The van der Waals surface area contributed by atoms with Crippen LogP contribution >= 0.6 is 0 Å². The molecule has 1 saturated carbocycles. The number of halogens is 1. The molecule has 158 valence electrons. The van der Waals surface area contributed by atoms with Gasteiger partial charge < -0.3 is 0 Å².